The molecule has 0 aromatic carbocycles. The van der Waals surface area contributed by atoms with Crippen molar-refractivity contribution in [1.29, 1.82) is 0 Å². The number of rotatable bonds is 11. The van der Waals surface area contributed by atoms with Crippen molar-refractivity contribution >= 4 is 23.9 Å². The van der Waals surface area contributed by atoms with Gasteiger partial charge in [0, 0.05) is 38.5 Å². The van der Waals surface area contributed by atoms with Crippen LogP contribution in [0.1, 0.15) is 114 Å². The molecule has 9 fully saturated rings. The summed E-state index contributed by atoms with van der Waals surface area (Å²) in [5, 5.41) is 80.5. The van der Waals surface area contributed by atoms with E-state index in [0.29, 0.717) is 18.4 Å². The molecule has 29 atom stereocenters. The number of fused-ring (bicyclic) bond motifs is 7. The van der Waals surface area contributed by atoms with E-state index in [-0.39, 0.29) is 61.2 Å². The molecule has 6 aliphatic heterocycles. The molecule has 450 valence electrons. The first-order valence-electron chi connectivity index (χ1n) is 28.3. The lowest BCUT2D eigenvalue weighted by Crippen LogP contribution is -2.68. The Balaban J connectivity index is 0.856. The van der Waals surface area contributed by atoms with Crippen LogP contribution in [-0.4, -0.2) is 207 Å². The lowest BCUT2D eigenvalue weighted by molar-refractivity contribution is -0.393. The Morgan fingerprint density at radius 1 is 0.800 bits per heavy atom. The van der Waals surface area contributed by atoms with E-state index in [2.05, 4.69) is 26.5 Å². The van der Waals surface area contributed by atoms with Crippen LogP contribution in [-0.2, 0) is 80.8 Å². The molecule has 8 unspecified atom stereocenters. The highest BCUT2D eigenvalue weighted by Gasteiger charge is 2.73. The van der Waals surface area contributed by atoms with Gasteiger partial charge in [-0.25, -0.2) is 4.79 Å². The highest BCUT2D eigenvalue weighted by molar-refractivity contribution is 5.78. The highest BCUT2D eigenvalue weighted by Crippen LogP contribution is 2.71. The Bertz CT molecular complexity index is 2420. The average molecular weight is 1140 g/mol. The van der Waals surface area contributed by atoms with Crippen molar-refractivity contribution in [3.63, 3.8) is 0 Å². The molecule has 6 saturated heterocycles. The van der Waals surface area contributed by atoms with E-state index in [1.54, 1.807) is 13.8 Å². The van der Waals surface area contributed by atoms with Gasteiger partial charge in [-0.2, -0.15) is 0 Å². The maximum absolute atomic E-state index is 13.0. The molecular weight excluding hydrogens is 1060 g/mol. The SMILES string of the molecule is C=C1CO[C@@]2(OC3CC4C5CC=C6C[C@@H](O)C[C@@H](O[C@@H]7OC[C@H](O)[C@H](O)[C@H]7O[C@@H]7O[C@@H](C)[C@H](OC(C)=O)[C@@H](OC(C)=O)[C@H]7OC(C)=O)[C@]6(C)C5CC[C@]4(C)C3C2C)[C@@H](O)[C@H]1O[C@@H]1OC(C)C2(OC(=O)[C@@H]([C@@](C)(O)CC)O2)[C@@H](O)[C@H]1O. The van der Waals surface area contributed by atoms with Crippen LogP contribution < -0.4 is 0 Å². The molecule has 0 aromatic heterocycles. The second-order valence-corrected chi connectivity index (χ2v) is 25.0. The minimum atomic E-state index is -2.16. The van der Waals surface area contributed by atoms with E-state index < -0.39 is 163 Å². The quantitative estimate of drug-likeness (QED) is 0.0857. The molecule has 10 rings (SSSR count). The summed E-state index contributed by atoms with van der Waals surface area (Å²) in [5.74, 6) is -7.17. The average Bonchev–Trinajstić information content (AvgIpc) is 4.20. The fourth-order valence-electron chi connectivity index (χ4n) is 16.0. The molecule has 3 saturated carbocycles. The van der Waals surface area contributed by atoms with Crippen LogP contribution in [0.2, 0.25) is 0 Å². The number of esters is 4. The lowest BCUT2D eigenvalue weighted by atomic mass is 9.46. The summed E-state index contributed by atoms with van der Waals surface area (Å²) >= 11 is 0. The van der Waals surface area contributed by atoms with Crippen molar-refractivity contribution in [3.05, 3.63) is 23.8 Å². The van der Waals surface area contributed by atoms with Crippen molar-refractivity contribution < 1.29 is 117 Å². The summed E-state index contributed by atoms with van der Waals surface area (Å²) in [6.07, 6.45) is -19.3. The van der Waals surface area contributed by atoms with Gasteiger partial charge in [-0.05, 0) is 94.0 Å². The number of hydrogen-bond acceptors (Lipinski definition) is 24. The molecule has 4 aliphatic carbocycles. The van der Waals surface area contributed by atoms with Crippen LogP contribution in [0.15, 0.2) is 23.8 Å². The van der Waals surface area contributed by atoms with E-state index in [1.165, 1.54) is 13.8 Å². The third-order valence-corrected chi connectivity index (χ3v) is 20.2. The molecule has 0 radical (unpaired) electrons. The minimum absolute atomic E-state index is 0.0264. The van der Waals surface area contributed by atoms with Crippen molar-refractivity contribution in [2.75, 3.05) is 13.2 Å². The number of allylic oxidation sites excluding steroid dienone is 1. The molecule has 0 aromatic rings. The zero-order chi connectivity index (χ0) is 58.1. The van der Waals surface area contributed by atoms with Crippen LogP contribution in [0.3, 0.4) is 0 Å². The minimum Gasteiger partial charge on any atom is -0.456 e. The van der Waals surface area contributed by atoms with Gasteiger partial charge >= 0.3 is 23.9 Å². The smallest absolute Gasteiger partial charge is 0.341 e. The third kappa shape index (κ3) is 9.69. The molecular formula is C56H82O24. The van der Waals surface area contributed by atoms with Crippen molar-refractivity contribution in [2.24, 2.45) is 40.4 Å². The zero-order valence-corrected chi connectivity index (χ0v) is 47.1. The summed E-state index contributed by atoms with van der Waals surface area (Å²) in [6.45, 7) is 19.7. The Morgan fingerprint density at radius 2 is 1.48 bits per heavy atom. The first kappa shape index (κ1) is 59.9. The standard InChI is InChI=1S/C56H82O24/c1-12-53(10,67)47-48(66)80-56(79-47)25(5)71-49(39(63)45(56)64)76-40-22(2)20-69-55(46(40)65)23(3)37-35(78-55)19-33-31-14-13-29-17-30(60)18-36(54(29,11)32(31)15-16-52(33,37)9)75-50-42(38(62)34(61)21-68-50)77-51-44(74-28(8)59)43(73-27(7)58)41(24(4)70-51)72-26(6)57/h13,23-25,30-47,49-51,60-65,67H,2,12,14-21H2,1,3-11H3/t23?,24-,25?,30+,31?,32?,33?,34-,35?,36+,37?,38-,39+,40-,41-,42+,43+,44+,45-,46-,47-,49-,50-,51-,52-,53-,54-,55-,56?/m0/s1. The topological polar surface area (TPSA) is 330 Å². The molecule has 24 nitrogen and oxygen atoms in total. The molecule has 10 aliphatic rings. The van der Waals surface area contributed by atoms with E-state index in [1.807, 2.05) is 6.92 Å². The molecule has 0 amide bonds. The second kappa shape index (κ2) is 21.7. The van der Waals surface area contributed by atoms with Gasteiger partial charge < -0.3 is 97.3 Å². The Labute approximate surface area is 464 Å². The van der Waals surface area contributed by atoms with E-state index in [4.69, 9.17) is 61.6 Å². The summed E-state index contributed by atoms with van der Waals surface area (Å²) in [6, 6.07) is 0. The fraction of sp³-hybridized carbons (Fsp3) is 0.857. The Hall–Kier alpha value is -3.28. The van der Waals surface area contributed by atoms with Gasteiger partial charge in [0.05, 0.1) is 43.2 Å². The normalized spacial score (nSPS) is 51.5. The van der Waals surface area contributed by atoms with Crippen LogP contribution >= 0.6 is 0 Å². The summed E-state index contributed by atoms with van der Waals surface area (Å²) in [7, 11) is 0. The van der Waals surface area contributed by atoms with Gasteiger partial charge in [0.25, 0.3) is 5.79 Å². The number of aliphatic hydroxyl groups is 7. The van der Waals surface area contributed by atoms with Crippen LogP contribution in [0.4, 0.5) is 0 Å². The first-order valence-corrected chi connectivity index (χ1v) is 28.3. The maximum Gasteiger partial charge on any atom is 0.341 e. The second-order valence-electron chi connectivity index (χ2n) is 25.0. The van der Waals surface area contributed by atoms with E-state index in [0.717, 1.165) is 45.6 Å². The van der Waals surface area contributed by atoms with Crippen molar-refractivity contribution in [2.45, 2.75) is 248 Å². The molecule has 2 spiro atoms. The number of aliphatic hydroxyl groups excluding tert-OH is 6. The number of carbonyl (C=O) groups is 4. The third-order valence-electron chi connectivity index (χ3n) is 20.2. The zero-order valence-electron chi connectivity index (χ0n) is 47.1. The predicted octanol–water partition coefficient (Wildman–Crippen LogP) is 0.864. The molecule has 0 bridgehead atoms. The molecule has 80 heavy (non-hydrogen) atoms. The largest absolute Gasteiger partial charge is 0.456 e. The van der Waals surface area contributed by atoms with Crippen LogP contribution in [0.5, 0.6) is 0 Å². The number of ether oxygens (including phenoxy) is 13. The van der Waals surface area contributed by atoms with Gasteiger partial charge in [-0.15, -0.1) is 0 Å². The van der Waals surface area contributed by atoms with E-state index in [9.17, 15) is 54.9 Å². The first-order chi connectivity index (χ1) is 37.5. The highest BCUT2D eigenvalue weighted by atomic mass is 16.8. The van der Waals surface area contributed by atoms with Gasteiger partial charge in [0.2, 0.25) is 5.79 Å². The van der Waals surface area contributed by atoms with Crippen LogP contribution in [0.25, 0.3) is 0 Å². The molecule has 6 heterocycles. The summed E-state index contributed by atoms with van der Waals surface area (Å²) in [4.78, 5) is 50.1. The predicted molar refractivity (Wildman–Crippen MR) is 268 cm³/mol. The van der Waals surface area contributed by atoms with Crippen molar-refractivity contribution in [3.8, 4) is 0 Å². The van der Waals surface area contributed by atoms with Gasteiger partial charge in [0.1, 0.15) is 42.7 Å². The number of hydrogen-bond donors (Lipinski definition) is 7. The van der Waals surface area contributed by atoms with Gasteiger partial charge in [0.15, 0.2) is 49.4 Å². The summed E-state index contributed by atoms with van der Waals surface area (Å²) < 4.78 is 79.7. The lowest BCUT2D eigenvalue weighted by Gasteiger charge is -2.60. The summed E-state index contributed by atoms with van der Waals surface area (Å²) in [5.41, 5.74) is -1.27. The van der Waals surface area contributed by atoms with Gasteiger partial charge in [-0.3, -0.25) is 14.4 Å². The molecule has 7 N–H and O–H groups in total. The maximum atomic E-state index is 13.0. The van der Waals surface area contributed by atoms with Gasteiger partial charge in [-0.1, -0.05) is 45.9 Å². The fourth-order valence-corrected chi connectivity index (χ4v) is 16.0. The van der Waals surface area contributed by atoms with E-state index >= 15 is 0 Å². The Kier molecular flexibility index (Phi) is 16.2. The number of carbonyl (C=O) groups excluding carboxylic acids is 4. The monoisotopic (exact) mass is 1140 g/mol. The Morgan fingerprint density at radius 3 is 2.15 bits per heavy atom. The van der Waals surface area contributed by atoms with Crippen LogP contribution in [0, 0.1) is 40.4 Å². The van der Waals surface area contributed by atoms with Crippen molar-refractivity contribution in [1.82, 2.24) is 0 Å². The molecule has 24 heteroatoms.